The molecule has 0 aliphatic carbocycles. The van der Waals surface area contributed by atoms with Gasteiger partial charge in [0, 0.05) is 18.1 Å². The molecule has 3 rings (SSSR count). The highest BCUT2D eigenvalue weighted by Gasteiger charge is 2.28. The van der Waals surface area contributed by atoms with Crippen molar-refractivity contribution in [2.24, 2.45) is 0 Å². The molecule has 0 bridgehead atoms. The summed E-state index contributed by atoms with van der Waals surface area (Å²) in [6, 6.07) is 8.69. The van der Waals surface area contributed by atoms with Crippen LogP contribution in [0, 0.1) is 5.82 Å². The third-order valence-electron chi connectivity index (χ3n) is 3.44. The molecule has 0 saturated heterocycles. The number of allylic oxidation sites excluding steroid dienone is 1. The van der Waals surface area contributed by atoms with Crippen LogP contribution in [-0.2, 0) is 4.79 Å². The maximum absolute atomic E-state index is 13.9. The van der Waals surface area contributed by atoms with Gasteiger partial charge in [-0.3, -0.25) is 9.59 Å². The molecule has 0 N–H and O–H groups in total. The fourth-order valence-corrected chi connectivity index (χ4v) is 2.43. The van der Waals surface area contributed by atoms with E-state index in [9.17, 15) is 14.0 Å². The standard InChI is InChI=1S/C18H12ClFO4/c1-2-17(21)23-10-6-7-11-15(8-10)24-16(18(11)22)9-12-13(19)4-3-5-14(12)20/h3-9H,2H2,1H3/b16-9+. The number of carbonyl (C=O) groups excluding carboxylic acids is 2. The molecule has 4 nitrogen and oxygen atoms in total. The Labute approximate surface area is 142 Å². The van der Waals surface area contributed by atoms with Gasteiger partial charge >= 0.3 is 5.97 Å². The SMILES string of the molecule is CCC(=O)Oc1ccc2c(c1)O/C(=C/c1c(F)cccc1Cl)C2=O. The predicted octanol–water partition coefficient (Wildman–Crippen LogP) is 4.41. The highest BCUT2D eigenvalue weighted by molar-refractivity contribution is 6.32. The topological polar surface area (TPSA) is 52.6 Å². The van der Waals surface area contributed by atoms with Gasteiger partial charge in [-0.1, -0.05) is 24.6 Å². The van der Waals surface area contributed by atoms with E-state index in [1.165, 1.54) is 42.5 Å². The number of ketones is 1. The van der Waals surface area contributed by atoms with Gasteiger partial charge in [0.15, 0.2) is 5.76 Å². The van der Waals surface area contributed by atoms with Crippen molar-refractivity contribution in [2.75, 3.05) is 0 Å². The summed E-state index contributed by atoms with van der Waals surface area (Å²) in [5, 5.41) is 0.174. The first-order valence-electron chi connectivity index (χ1n) is 7.22. The lowest BCUT2D eigenvalue weighted by atomic mass is 10.1. The molecule has 6 heteroatoms. The van der Waals surface area contributed by atoms with Crippen molar-refractivity contribution >= 4 is 29.4 Å². The summed E-state index contributed by atoms with van der Waals surface area (Å²) in [4.78, 5) is 23.7. The Morgan fingerprint density at radius 2 is 2.12 bits per heavy atom. The highest BCUT2D eigenvalue weighted by atomic mass is 35.5. The molecule has 0 atom stereocenters. The van der Waals surface area contributed by atoms with Crippen LogP contribution < -0.4 is 9.47 Å². The van der Waals surface area contributed by atoms with E-state index in [2.05, 4.69) is 0 Å². The number of esters is 1. The Kier molecular flexibility index (Phi) is 4.36. The lowest BCUT2D eigenvalue weighted by Crippen LogP contribution is -2.05. The molecular formula is C18H12ClFO4. The van der Waals surface area contributed by atoms with Crippen LogP contribution in [0.4, 0.5) is 4.39 Å². The molecule has 0 unspecified atom stereocenters. The summed E-state index contributed by atoms with van der Waals surface area (Å²) in [7, 11) is 0. The monoisotopic (exact) mass is 346 g/mol. The molecule has 0 aromatic heterocycles. The lowest BCUT2D eigenvalue weighted by Gasteiger charge is -2.04. The van der Waals surface area contributed by atoms with Crippen LogP contribution in [0.25, 0.3) is 6.08 Å². The second-order valence-corrected chi connectivity index (χ2v) is 5.47. The smallest absolute Gasteiger partial charge is 0.310 e. The third kappa shape index (κ3) is 3.03. The fraction of sp³-hybridized carbons (Fsp3) is 0.111. The van der Waals surface area contributed by atoms with Gasteiger partial charge in [0.05, 0.1) is 10.6 Å². The van der Waals surface area contributed by atoms with E-state index >= 15 is 0 Å². The number of ether oxygens (including phenoxy) is 2. The number of carbonyl (C=O) groups is 2. The molecule has 0 saturated carbocycles. The number of halogens is 2. The van der Waals surface area contributed by atoms with Crippen molar-refractivity contribution < 1.29 is 23.5 Å². The molecule has 24 heavy (non-hydrogen) atoms. The summed E-state index contributed by atoms with van der Waals surface area (Å²) < 4.78 is 24.4. The van der Waals surface area contributed by atoms with Gasteiger partial charge in [-0.05, 0) is 30.3 Å². The quantitative estimate of drug-likeness (QED) is 0.469. The zero-order valence-electron chi connectivity index (χ0n) is 12.6. The van der Waals surface area contributed by atoms with E-state index < -0.39 is 17.6 Å². The van der Waals surface area contributed by atoms with Crippen LogP contribution in [0.15, 0.2) is 42.2 Å². The molecule has 0 fully saturated rings. The van der Waals surface area contributed by atoms with E-state index in [-0.39, 0.29) is 34.3 Å². The number of rotatable bonds is 3. The molecule has 122 valence electrons. The van der Waals surface area contributed by atoms with Crippen molar-refractivity contribution in [1.29, 1.82) is 0 Å². The minimum Gasteiger partial charge on any atom is -0.452 e. The van der Waals surface area contributed by atoms with Crippen LogP contribution in [0.3, 0.4) is 0 Å². The van der Waals surface area contributed by atoms with Gasteiger partial charge in [-0.15, -0.1) is 0 Å². The van der Waals surface area contributed by atoms with E-state index in [4.69, 9.17) is 21.1 Å². The van der Waals surface area contributed by atoms with Crippen LogP contribution in [-0.4, -0.2) is 11.8 Å². The zero-order valence-corrected chi connectivity index (χ0v) is 13.4. The summed E-state index contributed by atoms with van der Waals surface area (Å²) >= 11 is 5.96. The van der Waals surface area contributed by atoms with Gasteiger partial charge in [0.2, 0.25) is 5.78 Å². The molecule has 1 aliphatic rings. The summed E-state index contributed by atoms with van der Waals surface area (Å²) in [6.07, 6.45) is 1.49. The van der Waals surface area contributed by atoms with E-state index in [0.717, 1.165) is 0 Å². The first-order chi connectivity index (χ1) is 11.5. The average Bonchev–Trinajstić information content (AvgIpc) is 2.86. The maximum atomic E-state index is 13.9. The Morgan fingerprint density at radius 3 is 2.83 bits per heavy atom. The highest BCUT2D eigenvalue weighted by Crippen LogP contribution is 2.35. The minimum absolute atomic E-state index is 0.0454. The number of fused-ring (bicyclic) bond motifs is 1. The fourth-order valence-electron chi connectivity index (χ4n) is 2.21. The van der Waals surface area contributed by atoms with E-state index in [1.807, 2.05) is 0 Å². The number of Topliss-reactive ketones (excluding diaryl/α,β-unsaturated/α-hetero) is 1. The van der Waals surface area contributed by atoms with Crippen LogP contribution in [0.1, 0.15) is 29.3 Å². The van der Waals surface area contributed by atoms with Gasteiger partial charge < -0.3 is 9.47 Å². The van der Waals surface area contributed by atoms with E-state index in [1.54, 1.807) is 6.92 Å². The van der Waals surface area contributed by atoms with Gasteiger partial charge in [0.1, 0.15) is 17.3 Å². The Morgan fingerprint density at radius 1 is 1.33 bits per heavy atom. The van der Waals surface area contributed by atoms with Gasteiger partial charge in [0.25, 0.3) is 0 Å². The van der Waals surface area contributed by atoms with Crippen molar-refractivity contribution in [3.63, 3.8) is 0 Å². The van der Waals surface area contributed by atoms with Crippen LogP contribution >= 0.6 is 11.6 Å². The number of benzene rings is 2. The lowest BCUT2D eigenvalue weighted by molar-refractivity contribution is -0.134. The number of hydrogen-bond acceptors (Lipinski definition) is 4. The van der Waals surface area contributed by atoms with Crippen LogP contribution in [0.2, 0.25) is 5.02 Å². The third-order valence-corrected chi connectivity index (χ3v) is 3.77. The largest absolute Gasteiger partial charge is 0.452 e. The summed E-state index contributed by atoms with van der Waals surface area (Å²) in [5.74, 6) is -0.861. The molecule has 0 radical (unpaired) electrons. The summed E-state index contributed by atoms with van der Waals surface area (Å²) in [5.41, 5.74) is 0.387. The Hall–Kier alpha value is -2.66. The zero-order chi connectivity index (χ0) is 17.3. The molecule has 1 heterocycles. The number of hydrogen-bond donors (Lipinski definition) is 0. The second-order valence-electron chi connectivity index (χ2n) is 5.06. The molecule has 2 aromatic rings. The maximum Gasteiger partial charge on any atom is 0.310 e. The first kappa shape index (κ1) is 16.2. The van der Waals surface area contributed by atoms with Crippen molar-refractivity contribution in [1.82, 2.24) is 0 Å². The Balaban J connectivity index is 1.93. The second kappa shape index (κ2) is 6.45. The predicted molar refractivity (Wildman–Crippen MR) is 86.7 cm³/mol. The first-order valence-corrected chi connectivity index (χ1v) is 7.60. The normalized spacial score (nSPS) is 14.5. The molecule has 0 amide bonds. The van der Waals surface area contributed by atoms with Crippen LogP contribution in [0.5, 0.6) is 11.5 Å². The Bertz CT molecular complexity index is 853. The van der Waals surface area contributed by atoms with Gasteiger partial charge in [-0.25, -0.2) is 4.39 Å². The molecule has 0 spiro atoms. The molecular weight excluding hydrogens is 335 g/mol. The minimum atomic E-state index is -0.556. The van der Waals surface area contributed by atoms with Crippen molar-refractivity contribution in [3.8, 4) is 11.5 Å². The van der Waals surface area contributed by atoms with Crippen molar-refractivity contribution in [3.05, 3.63) is 64.1 Å². The van der Waals surface area contributed by atoms with E-state index in [0.29, 0.717) is 5.56 Å². The molecule has 2 aromatic carbocycles. The average molecular weight is 347 g/mol. The molecule has 1 aliphatic heterocycles. The van der Waals surface area contributed by atoms with Crippen molar-refractivity contribution in [2.45, 2.75) is 13.3 Å². The van der Waals surface area contributed by atoms with Gasteiger partial charge in [-0.2, -0.15) is 0 Å². The summed E-state index contributed by atoms with van der Waals surface area (Å²) in [6.45, 7) is 1.68.